The van der Waals surface area contributed by atoms with Crippen LogP contribution in [0.2, 0.25) is 8.67 Å². The van der Waals surface area contributed by atoms with Crippen molar-refractivity contribution in [3.8, 4) is 0 Å². The van der Waals surface area contributed by atoms with Gasteiger partial charge in [0, 0.05) is 12.1 Å². The summed E-state index contributed by atoms with van der Waals surface area (Å²) < 4.78 is 1.59. The molecule has 0 spiro atoms. The molecule has 1 heterocycles. The van der Waals surface area contributed by atoms with Crippen molar-refractivity contribution in [1.82, 2.24) is 5.32 Å². The van der Waals surface area contributed by atoms with Gasteiger partial charge >= 0.3 is 0 Å². The van der Waals surface area contributed by atoms with Gasteiger partial charge in [0.25, 0.3) is 0 Å². The molecule has 1 fully saturated rings. The van der Waals surface area contributed by atoms with E-state index in [1.165, 1.54) is 37.0 Å². The van der Waals surface area contributed by atoms with Gasteiger partial charge in [0.15, 0.2) is 0 Å². The minimum absolute atomic E-state index is 0.289. The molecule has 1 aromatic rings. The highest BCUT2D eigenvalue weighted by atomic mass is 35.5. The average Bonchev–Trinajstić information content (AvgIpc) is 2.61. The Hall–Kier alpha value is 0.240. The van der Waals surface area contributed by atoms with Gasteiger partial charge in [0.1, 0.15) is 0 Å². The second kappa shape index (κ2) is 5.92. The van der Waals surface area contributed by atoms with E-state index in [2.05, 4.69) is 19.2 Å². The summed E-state index contributed by atoms with van der Waals surface area (Å²) in [7, 11) is 0. The Morgan fingerprint density at radius 3 is 2.65 bits per heavy atom. The van der Waals surface area contributed by atoms with Crippen molar-refractivity contribution in [3.63, 3.8) is 0 Å². The van der Waals surface area contributed by atoms with Gasteiger partial charge in [0.05, 0.1) is 8.67 Å². The van der Waals surface area contributed by atoms with Gasteiger partial charge < -0.3 is 5.32 Å². The number of hydrogen-bond acceptors (Lipinski definition) is 2. The van der Waals surface area contributed by atoms with Gasteiger partial charge in [-0.05, 0) is 37.3 Å². The lowest BCUT2D eigenvalue weighted by atomic mass is 9.85. The van der Waals surface area contributed by atoms with Gasteiger partial charge in [-0.3, -0.25) is 0 Å². The molecule has 3 unspecified atom stereocenters. The van der Waals surface area contributed by atoms with Crippen LogP contribution in [0.1, 0.15) is 51.1 Å². The summed E-state index contributed by atoms with van der Waals surface area (Å²) in [6.07, 6.45) is 5.33. The number of nitrogens with one attached hydrogen (secondary N) is 1. The van der Waals surface area contributed by atoms with Crippen LogP contribution in [0.5, 0.6) is 0 Å². The SMILES string of the molecule is CC(NC1CCCCC1C)c1cc(Cl)sc1Cl. The van der Waals surface area contributed by atoms with E-state index in [0.717, 1.165) is 20.2 Å². The third kappa shape index (κ3) is 3.37. The highest BCUT2D eigenvalue weighted by Gasteiger charge is 2.24. The molecule has 1 aliphatic carbocycles. The van der Waals surface area contributed by atoms with Gasteiger partial charge in [-0.15, -0.1) is 11.3 Å². The molecular weight excluding hydrogens is 273 g/mol. The van der Waals surface area contributed by atoms with Crippen LogP contribution >= 0.6 is 34.5 Å². The average molecular weight is 292 g/mol. The van der Waals surface area contributed by atoms with Crippen LogP contribution in [0.4, 0.5) is 0 Å². The number of thiophene rings is 1. The molecule has 1 aliphatic rings. The summed E-state index contributed by atoms with van der Waals surface area (Å²) in [5.74, 6) is 0.763. The van der Waals surface area contributed by atoms with Crippen LogP contribution in [0.25, 0.3) is 0 Å². The molecule has 3 atom stereocenters. The quantitative estimate of drug-likeness (QED) is 0.798. The Morgan fingerprint density at radius 2 is 2.06 bits per heavy atom. The predicted molar refractivity (Wildman–Crippen MR) is 77.3 cm³/mol. The van der Waals surface area contributed by atoms with Crippen molar-refractivity contribution < 1.29 is 0 Å². The fourth-order valence-electron chi connectivity index (χ4n) is 2.62. The van der Waals surface area contributed by atoms with Crippen LogP contribution in [0.15, 0.2) is 6.07 Å². The van der Waals surface area contributed by atoms with E-state index >= 15 is 0 Å². The summed E-state index contributed by atoms with van der Waals surface area (Å²) in [6.45, 7) is 4.51. The minimum atomic E-state index is 0.289. The molecule has 2 rings (SSSR count). The van der Waals surface area contributed by atoms with E-state index < -0.39 is 0 Å². The Bertz CT molecular complexity index is 377. The molecule has 0 radical (unpaired) electrons. The van der Waals surface area contributed by atoms with E-state index in [4.69, 9.17) is 23.2 Å². The molecule has 0 aromatic carbocycles. The lowest BCUT2D eigenvalue weighted by molar-refractivity contribution is 0.263. The maximum atomic E-state index is 6.19. The first-order valence-corrected chi connectivity index (χ1v) is 7.86. The number of rotatable bonds is 3. The van der Waals surface area contributed by atoms with Gasteiger partial charge in [0.2, 0.25) is 0 Å². The van der Waals surface area contributed by atoms with E-state index in [1.54, 1.807) is 0 Å². The largest absolute Gasteiger partial charge is 0.307 e. The molecule has 0 saturated heterocycles. The van der Waals surface area contributed by atoms with Crippen molar-refractivity contribution in [2.45, 2.75) is 51.6 Å². The fourth-order valence-corrected chi connectivity index (χ4v) is 4.27. The van der Waals surface area contributed by atoms with E-state index in [9.17, 15) is 0 Å². The molecule has 0 aliphatic heterocycles. The molecule has 17 heavy (non-hydrogen) atoms. The standard InChI is InChI=1S/C13H19Cl2NS/c1-8-5-3-4-6-11(8)16-9(2)10-7-12(14)17-13(10)15/h7-9,11,16H,3-6H2,1-2H3. The molecule has 0 amide bonds. The van der Waals surface area contributed by atoms with Crippen molar-refractivity contribution in [1.29, 1.82) is 0 Å². The summed E-state index contributed by atoms with van der Waals surface area (Å²) in [5.41, 5.74) is 1.14. The fraction of sp³-hybridized carbons (Fsp3) is 0.692. The lowest BCUT2D eigenvalue weighted by Crippen LogP contribution is -2.38. The Morgan fingerprint density at radius 1 is 1.35 bits per heavy atom. The van der Waals surface area contributed by atoms with Gasteiger partial charge in [-0.25, -0.2) is 0 Å². The van der Waals surface area contributed by atoms with Crippen LogP contribution in [-0.4, -0.2) is 6.04 Å². The zero-order chi connectivity index (χ0) is 12.4. The molecule has 96 valence electrons. The molecule has 0 bridgehead atoms. The van der Waals surface area contributed by atoms with Crippen LogP contribution in [0, 0.1) is 5.92 Å². The smallest absolute Gasteiger partial charge is 0.0991 e. The van der Waals surface area contributed by atoms with Crippen molar-refractivity contribution in [2.75, 3.05) is 0 Å². The summed E-state index contributed by atoms with van der Waals surface area (Å²) in [4.78, 5) is 0. The van der Waals surface area contributed by atoms with Crippen LogP contribution in [0.3, 0.4) is 0 Å². The zero-order valence-electron chi connectivity index (χ0n) is 10.3. The van der Waals surface area contributed by atoms with Crippen molar-refractivity contribution in [3.05, 3.63) is 20.3 Å². The summed E-state index contributed by atoms with van der Waals surface area (Å²) in [5, 5.41) is 3.70. The summed E-state index contributed by atoms with van der Waals surface area (Å²) in [6, 6.07) is 2.89. The van der Waals surface area contributed by atoms with E-state index in [1.807, 2.05) is 6.07 Å². The zero-order valence-corrected chi connectivity index (χ0v) is 12.6. The Balaban J connectivity index is 2.00. The first-order chi connectivity index (χ1) is 8.08. The molecule has 1 saturated carbocycles. The topological polar surface area (TPSA) is 12.0 Å². The first kappa shape index (κ1) is 13.7. The Kier molecular flexibility index (Phi) is 4.76. The lowest BCUT2D eigenvalue weighted by Gasteiger charge is -2.32. The molecule has 1 aromatic heterocycles. The number of hydrogen-bond donors (Lipinski definition) is 1. The summed E-state index contributed by atoms with van der Waals surface area (Å²) >= 11 is 13.6. The van der Waals surface area contributed by atoms with Crippen molar-refractivity contribution >= 4 is 34.5 Å². The maximum Gasteiger partial charge on any atom is 0.0991 e. The molecule has 1 nitrogen and oxygen atoms in total. The van der Waals surface area contributed by atoms with E-state index in [-0.39, 0.29) is 6.04 Å². The molecule has 1 N–H and O–H groups in total. The third-order valence-corrected chi connectivity index (χ3v) is 5.24. The normalized spacial score (nSPS) is 27.1. The van der Waals surface area contributed by atoms with Gasteiger partial charge in [-0.2, -0.15) is 0 Å². The highest BCUT2D eigenvalue weighted by molar-refractivity contribution is 7.20. The molecule has 4 heteroatoms. The van der Waals surface area contributed by atoms with Gasteiger partial charge in [-0.1, -0.05) is 43.0 Å². The van der Waals surface area contributed by atoms with Crippen LogP contribution in [-0.2, 0) is 0 Å². The van der Waals surface area contributed by atoms with Crippen LogP contribution < -0.4 is 5.32 Å². The monoisotopic (exact) mass is 291 g/mol. The highest BCUT2D eigenvalue weighted by Crippen LogP contribution is 2.36. The second-order valence-corrected chi connectivity index (χ2v) is 7.32. The second-order valence-electron chi connectivity index (χ2n) is 5.04. The minimum Gasteiger partial charge on any atom is -0.307 e. The number of halogens is 2. The maximum absolute atomic E-state index is 6.19. The van der Waals surface area contributed by atoms with Crippen molar-refractivity contribution in [2.24, 2.45) is 5.92 Å². The molecular formula is C13H19Cl2NS. The predicted octanol–water partition coefficient (Wildman–Crippen LogP) is 5.28. The first-order valence-electron chi connectivity index (χ1n) is 6.28. The van der Waals surface area contributed by atoms with E-state index in [0.29, 0.717) is 6.04 Å². The third-order valence-electron chi connectivity index (χ3n) is 3.73. The Labute approximate surface area is 118 Å².